The highest BCUT2D eigenvalue weighted by Gasteiger charge is 2.08. The van der Waals surface area contributed by atoms with E-state index in [0.29, 0.717) is 0 Å². The lowest BCUT2D eigenvalue weighted by Gasteiger charge is -2.04. The zero-order chi connectivity index (χ0) is 11.3. The second-order valence-corrected chi connectivity index (χ2v) is 4.83. The molecule has 3 aromatic rings. The minimum absolute atomic E-state index is 0.987. The van der Waals surface area contributed by atoms with Crippen molar-refractivity contribution in [2.45, 2.75) is 13.8 Å². The number of aryl methyl sites for hydroxylation is 2. The third-order valence-electron chi connectivity index (χ3n) is 2.84. The molecule has 0 spiro atoms. The van der Waals surface area contributed by atoms with Gasteiger partial charge in [-0.1, -0.05) is 11.6 Å². The largest absolute Gasteiger partial charge is 0.286 e. The Balaban J connectivity index is 2.57. The summed E-state index contributed by atoms with van der Waals surface area (Å²) < 4.78 is 3.18. The number of nitrogens with zero attached hydrogens (tertiary/aromatic N) is 2. The molecule has 3 rings (SSSR count). The zero-order valence-electron chi connectivity index (χ0n) is 9.16. The lowest BCUT2D eigenvalue weighted by molar-refractivity contribution is 1.20. The molecule has 0 aliphatic rings. The Morgan fingerprint density at radius 2 is 1.94 bits per heavy atom. The molecule has 3 heteroatoms. The number of benzene rings is 1. The quantitative estimate of drug-likeness (QED) is 0.608. The van der Waals surface area contributed by atoms with E-state index in [9.17, 15) is 0 Å². The second kappa shape index (κ2) is 3.32. The van der Waals surface area contributed by atoms with Crippen molar-refractivity contribution in [3.8, 4) is 0 Å². The summed E-state index contributed by atoms with van der Waals surface area (Å²) in [6, 6.07) is 10.6. The van der Waals surface area contributed by atoms with Crippen molar-refractivity contribution in [3.05, 3.63) is 46.2 Å². The van der Waals surface area contributed by atoms with Gasteiger partial charge in [-0.05, 0) is 59.4 Å². The van der Waals surface area contributed by atoms with Crippen molar-refractivity contribution in [1.82, 2.24) is 9.38 Å². The molecule has 80 valence electrons. The van der Waals surface area contributed by atoms with Crippen LogP contribution < -0.4 is 0 Å². The standard InChI is InChI=1S/C13H11BrN2/c1-8-3-5-11-10(7-8)4-6-12-15-9(2)13(14)16(11)12/h3-7H,1-2H3. The Kier molecular flexibility index (Phi) is 2.04. The first kappa shape index (κ1) is 9.85. The van der Waals surface area contributed by atoms with Crippen LogP contribution in [0.5, 0.6) is 0 Å². The summed E-state index contributed by atoms with van der Waals surface area (Å²) in [4.78, 5) is 4.50. The van der Waals surface area contributed by atoms with Crippen molar-refractivity contribution < 1.29 is 0 Å². The van der Waals surface area contributed by atoms with Gasteiger partial charge in [0.2, 0.25) is 0 Å². The molecule has 0 atom stereocenters. The van der Waals surface area contributed by atoms with E-state index in [4.69, 9.17) is 0 Å². The Morgan fingerprint density at radius 1 is 1.12 bits per heavy atom. The van der Waals surface area contributed by atoms with Gasteiger partial charge in [-0.25, -0.2) is 4.98 Å². The maximum atomic E-state index is 4.50. The van der Waals surface area contributed by atoms with Crippen molar-refractivity contribution in [3.63, 3.8) is 0 Å². The Labute approximate surface area is 102 Å². The van der Waals surface area contributed by atoms with Crippen LogP contribution in [0, 0.1) is 13.8 Å². The average Bonchev–Trinajstić information content (AvgIpc) is 2.55. The number of rotatable bonds is 0. The summed E-state index contributed by atoms with van der Waals surface area (Å²) in [5, 5.41) is 1.24. The van der Waals surface area contributed by atoms with Crippen LogP contribution in [0.1, 0.15) is 11.3 Å². The van der Waals surface area contributed by atoms with Crippen LogP contribution >= 0.6 is 15.9 Å². The molecule has 2 aromatic heterocycles. The number of pyridine rings is 1. The molecule has 0 aliphatic carbocycles. The first-order valence-corrected chi connectivity index (χ1v) is 6.00. The van der Waals surface area contributed by atoms with E-state index < -0.39 is 0 Å². The van der Waals surface area contributed by atoms with Crippen LogP contribution in [0.15, 0.2) is 34.9 Å². The Hall–Kier alpha value is -1.35. The summed E-state index contributed by atoms with van der Waals surface area (Å²) in [6.45, 7) is 4.12. The summed E-state index contributed by atoms with van der Waals surface area (Å²) in [5.41, 5.74) is 4.48. The van der Waals surface area contributed by atoms with Gasteiger partial charge in [-0.3, -0.25) is 4.40 Å². The molecule has 0 aliphatic heterocycles. The highest BCUT2D eigenvalue weighted by molar-refractivity contribution is 9.10. The van der Waals surface area contributed by atoms with Crippen molar-refractivity contribution in [2.24, 2.45) is 0 Å². The molecular weight excluding hydrogens is 264 g/mol. The van der Waals surface area contributed by atoms with Gasteiger partial charge in [0.05, 0.1) is 11.2 Å². The number of fused-ring (bicyclic) bond motifs is 3. The molecular formula is C13H11BrN2. The van der Waals surface area contributed by atoms with Gasteiger partial charge < -0.3 is 0 Å². The van der Waals surface area contributed by atoms with Crippen molar-refractivity contribution in [2.75, 3.05) is 0 Å². The average molecular weight is 275 g/mol. The van der Waals surface area contributed by atoms with Gasteiger partial charge in [-0.2, -0.15) is 0 Å². The molecule has 0 bridgehead atoms. The fourth-order valence-corrected chi connectivity index (χ4v) is 2.51. The van der Waals surface area contributed by atoms with Gasteiger partial charge in [0.25, 0.3) is 0 Å². The van der Waals surface area contributed by atoms with Gasteiger partial charge >= 0.3 is 0 Å². The van der Waals surface area contributed by atoms with Crippen LogP contribution in [-0.4, -0.2) is 9.38 Å². The SMILES string of the molecule is Cc1ccc2c(ccc3nc(C)c(Br)n32)c1. The summed E-state index contributed by atoms with van der Waals surface area (Å²) in [7, 11) is 0. The van der Waals surface area contributed by atoms with Crippen molar-refractivity contribution >= 4 is 32.5 Å². The summed E-state index contributed by atoms with van der Waals surface area (Å²) in [5.74, 6) is 0. The van der Waals surface area contributed by atoms with Gasteiger partial charge in [0.1, 0.15) is 10.3 Å². The molecule has 1 aromatic carbocycles. The zero-order valence-corrected chi connectivity index (χ0v) is 10.7. The van der Waals surface area contributed by atoms with E-state index in [1.165, 1.54) is 16.5 Å². The number of aromatic nitrogens is 2. The fourth-order valence-electron chi connectivity index (χ4n) is 2.05. The van der Waals surface area contributed by atoms with E-state index in [2.05, 4.69) is 62.6 Å². The minimum Gasteiger partial charge on any atom is -0.286 e. The molecule has 0 N–H and O–H groups in total. The molecule has 0 saturated heterocycles. The minimum atomic E-state index is 0.987. The highest BCUT2D eigenvalue weighted by Crippen LogP contribution is 2.24. The third-order valence-corrected chi connectivity index (χ3v) is 3.77. The number of halogens is 1. The molecule has 0 fully saturated rings. The maximum Gasteiger partial charge on any atom is 0.138 e. The van der Waals surface area contributed by atoms with E-state index in [1.807, 2.05) is 6.92 Å². The first-order chi connectivity index (χ1) is 7.66. The molecule has 16 heavy (non-hydrogen) atoms. The van der Waals surface area contributed by atoms with Crippen LogP contribution in [0.4, 0.5) is 0 Å². The number of imidazole rings is 1. The van der Waals surface area contributed by atoms with Gasteiger partial charge in [-0.15, -0.1) is 0 Å². The van der Waals surface area contributed by atoms with E-state index in [0.717, 1.165) is 15.9 Å². The van der Waals surface area contributed by atoms with E-state index >= 15 is 0 Å². The second-order valence-electron chi connectivity index (χ2n) is 4.08. The molecule has 2 heterocycles. The van der Waals surface area contributed by atoms with Crippen LogP contribution in [0.2, 0.25) is 0 Å². The highest BCUT2D eigenvalue weighted by atomic mass is 79.9. The fraction of sp³-hybridized carbons (Fsp3) is 0.154. The van der Waals surface area contributed by atoms with Crippen LogP contribution in [0.3, 0.4) is 0 Å². The smallest absolute Gasteiger partial charge is 0.138 e. The number of hydrogen-bond donors (Lipinski definition) is 0. The van der Waals surface area contributed by atoms with Gasteiger partial charge in [0, 0.05) is 0 Å². The summed E-state index contributed by atoms with van der Waals surface area (Å²) in [6.07, 6.45) is 0. The van der Waals surface area contributed by atoms with Crippen molar-refractivity contribution in [1.29, 1.82) is 0 Å². The van der Waals surface area contributed by atoms with E-state index in [1.54, 1.807) is 0 Å². The Bertz CT molecular complexity index is 698. The van der Waals surface area contributed by atoms with Gasteiger partial charge in [0.15, 0.2) is 0 Å². The monoisotopic (exact) mass is 274 g/mol. The van der Waals surface area contributed by atoms with E-state index in [-0.39, 0.29) is 0 Å². The lowest BCUT2D eigenvalue weighted by Crippen LogP contribution is -1.88. The maximum absolute atomic E-state index is 4.50. The van der Waals surface area contributed by atoms with Crippen LogP contribution in [-0.2, 0) is 0 Å². The predicted molar refractivity (Wildman–Crippen MR) is 69.9 cm³/mol. The normalized spacial score (nSPS) is 11.4. The first-order valence-electron chi connectivity index (χ1n) is 5.21. The predicted octanol–water partition coefficient (Wildman–Crippen LogP) is 3.87. The van der Waals surface area contributed by atoms with Crippen LogP contribution in [0.25, 0.3) is 16.6 Å². The lowest BCUT2D eigenvalue weighted by atomic mass is 10.1. The molecule has 0 amide bonds. The molecule has 0 saturated carbocycles. The summed E-state index contributed by atoms with van der Waals surface area (Å²) >= 11 is 3.59. The third kappa shape index (κ3) is 1.28. The molecule has 2 nitrogen and oxygen atoms in total. The topological polar surface area (TPSA) is 17.3 Å². The Morgan fingerprint density at radius 3 is 2.75 bits per heavy atom. The molecule has 0 unspecified atom stereocenters. The number of hydrogen-bond acceptors (Lipinski definition) is 1. The molecule has 0 radical (unpaired) electrons.